The maximum Gasteiger partial charge on any atom is 0.144 e. The van der Waals surface area contributed by atoms with Gasteiger partial charge in [0.1, 0.15) is 11.6 Å². The van der Waals surface area contributed by atoms with Crippen LogP contribution >= 0.6 is 15.9 Å². The minimum atomic E-state index is -0.497. The third kappa shape index (κ3) is 2.84. The largest absolute Gasteiger partial charge is 0.315 e. The molecule has 1 heterocycles. The van der Waals surface area contributed by atoms with Crippen LogP contribution in [0.3, 0.4) is 0 Å². The molecule has 0 aliphatic carbocycles. The number of rotatable bonds is 3. The van der Waals surface area contributed by atoms with Crippen molar-refractivity contribution in [1.29, 1.82) is 0 Å². The van der Waals surface area contributed by atoms with Crippen molar-refractivity contribution in [1.82, 2.24) is 10.2 Å². The molecule has 5 heteroatoms. The summed E-state index contributed by atoms with van der Waals surface area (Å²) in [5.41, 5.74) is 0.133. The SMILES string of the molecule is CN(Cc1c(F)ccc(Br)c1F)C1CCNC1. The standard InChI is InChI=1S/C12H15BrF2N2/c1-17(8-4-5-16-6-8)7-9-11(14)3-2-10(13)12(9)15/h2-3,8,16H,4-7H2,1H3. The van der Waals surface area contributed by atoms with Gasteiger partial charge in [-0.05, 0) is 48.1 Å². The molecule has 1 aromatic carbocycles. The Morgan fingerprint density at radius 3 is 2.88 bits per heavy atom. The number of nitrogens with one attached hydrogen (secondary N) is 1. The summed E-state index contributed by atoms with van der Waals surface area (Å²) >= 11 is 3.08. The van der Waals surface area contributed by atoms with Crippen molar-refractivity contribution in [3.63, 3.8) is 0 Å². The summed E-state index contributed by atoms with van der Waals surface area (Å²) in [7, 11) is 1.90. The monoisotopic (exact) mass is 304 g/mol. The summed E-state index contributed by atoms with van der Waals surface area (Å²) in [6.45, 7) is 2.15. The molecule has 17 heavy (non-hydrogen) atoms. The number of hydrogen-bond donors (Lipinski definition) is 1. The van der Waals surface area contributed by atoms with Crippen LogP contribution in [0.5, 0.6) is 0 Å². The van der Waals surface area contributed by atoms with E-state index in [1.54, 1.807) is 0 Å². The van der Waals surface area contributed by atoms with Gasteiger partial charge in [0.15, 0.2) is 0 Å². The number of halogens is 3. The Bertz CT molecular complexity index is 406. The van der Waals surface area contributed by atoms with E-state index in [-0.39, 0.29) is 5.56 Å². The Morgan fingerprint density at radius 2 is 2.24 bits per heavy atom. The second-order valence-corrected chi connectivity index (χ2v) is 5.24. The molecule has 1 aliphatic rings. The maximum absolute atomic E-state index is 13.8. The number of nitrogens with zero attached hydrogens (tertiary/aromatic N) is 1. The van der Waals surface area contributed by atoms with Gasteiger partial charge in [0.25, 0.3) is 0 Å². The first-order valence-corrected chi connectivity index (χ1v) is 6.42. The molecule has 1 atom stereocenters. The van der Waals surface area contributed by atoms with Gasteiger partial charge in [-0.25, -0.2) is 8.78 Å². The average molecular weight is 305 g/mol. The molecule has 1 fully saturated rings. The molecule has 1 saturated heterocycles. The molecule has 0 amide bonds. The van der Waals surface area contributed by atoms with Crippen molar-refractivity contribution in [2.45, 2.75) is 19.0 Å². The first-order chi connectivity index (χ1) is 8.09. The van der Waals surface area contributed by atoms with Crippen LogP contribution in [0, 0.1) is 11.6 Å². The molecule has 1 aliphatic heterocycles. The Kier molecular flexibility index (Phi) is 4.12. The summed E-state index contributed by atoms with van der Waals surface area (Å²) in [5, 5.41) is 3.24. The fraction of sp³-hybridized carbons (Fsp3) is 0.500. The van der Waals surface area contributed by atoms with Gasteiger partial charge in [-0.2, -0.15) is 0 Å². The van der Waals surface area contributed by atoms with Crippen molar-refractivity contribution < 1.29 is 8.78 Å². The van der Waals surface area contributed by atoms with Crippen LogP contribution in [0.4, 0.5) is 8.78 Å². The van der Waals surface area contributed by atoms with E-state index in [9.17, 15) is 8.78 Å². The Morgan fingerprint density at radius 1 is 1.47 bits per heavy atom. The van der Waals surface area contributed by atoms with E-state index in [1.165, 1.54) is 12.1 Å². The van der Waals surface area contributed by atoms with Crippen LogP contribution in [0.1, 0.15) is 12.0 Å². The van der Waals surface area contributed by atoms with Crippen molar-refractivity contribution in [2.24, 2.45) is 0 Å². The normalized spacial score (nSPS) is 20.2. The molecule has 0 spiro atoms. The highest BCUT2D eigenvalue weighted by Crippen LogP contribution is 2.23. The third-order valence-corrected chi connectivity index (χ3v) is 3.82. The molecule has 0 bridgehead atoms. The zero-order chi connectivity index (χ0) is 12.4. The summed E-state index contributed by atoms with van der Waals surface area (Å²) in [6, 6.07) is 3.04. The second kappa shape index (κ2) is 5.42. The molecule has 0 radical (unpaired) electrons. The minimum Gasteiger partial charge on any atom is -0.315 e. The van der Waals surface area contributed by atoms with E-state index in [1.807, 2.05) is 11.9 Å². The Labute approximate surface area is 108 Å². The minimum absolute atomic E-state index is 0.133. The first kappa shape index (κ1) is 12.9. The lowest BCUT2D eigenvalue weighted by atomic mass is 10.1. The second-order valence-electron chi connectivity index (χ2n) is 4.38. The summed E-state index contributed by atoms with van der Waals surface area (Å²) in [6.07, 6.45) is 1.02. The molecule has 94 valence electrons. The van der Waals surface area contributed by atoms with Gasteiger partial charge in [0.05, 0.1) is 4.47 Å². The lowest BCUT2D eigenvalue weighted by molar-refractivity contribution is 0.241. The van der Waals surface area contributed by atoms with E-state index in [4.69, 9.17) is 0 Å². The predicted molar refractivity (Wildman–Crippen MR) is 66.8 cm³/mol. The summed E-state index contributed by atoms with van der Waals surface area (Å²) < 4.78 is 27.7. The number of likely N-dealkylation sites (N-methyl/N-ethyl adjacent to an activating group) is 1. The smallest absolute Gasteiger partial charge is 0.144 e. The van der Waals surface area contributed by atoms with Crippen LogP contribution in [0.15, 0.2) is 16.6 Å². The van der Waals surface area contributed by atoms with E-state index >= 15 is 0 Å². The van der Waals surface area contributed by atoms with Crippen LogP contribution < -0.4 is 5.32 Å². The molecule has 1 N–H and O–H groups in total. The maximum atomic E-state index is 13.8. The zero-order valence-electron chi connectivity index (χ0n) is 9.64. The molecule has 1 unspecified atom stereocenters. The number of benzene rings is 1. The van der Waals surface area contributed by atoms with Gasteiger partial charge in [0.2, 0.25) is 0 Å². The van der Waals surface area contributed by atoms with Gasteiger partial charge in [-0.1, -0.05) is 0 Å². The van der Waals surface area contributed by atoms with Crippen LogP contribution in [-0.2, 0) is 6.54 Å². The lowest BCUT2D eigenvalue weighted by Gasteiger charge is -2.24. The number of hydrogen-bond acceptors (Lipinski definition) is 2. The third-order valence-electron chi connectivity index (χ3n) is 3.20. The van der Waals surface area contributed by atoms with Gasteiger partial charge >= 0.3 is 0 Å². The quantitative estimate of drug-likeness (QED) is 0.863. The van der Waals surface area contributed by atoms with Crippen LogP contribution in [0.2, 0.25) is 0 Å². The van der Waals surface area contributed by atoms with E-state index in [0.717, 1.165) is 19.5 Å². The van der Waals surface area contributed by atoms with Gasteiger partial charge in [-0.15, -0.1) is 0 Å². The topological polar surface area (TPSA) is 15.3 Å². The van der Waals surface area contributed by atoms with Crippen LogP contribution in [-0.4, -0.2) is 31.1 Å². The Balaban J connectivity index is 2.14. The fourth-order valence-electron chi connectivity index (χ4n) is 2.11. The molecule has 0 saturated carbocycles. The van der Waals surface area contributed by atoms with E-state index in [0.29, 0.717) is 17.1 Å². The average Bonchev–Trinajstić information content (AvgIpc) is 2.83. The highest BCUT2D eigenvalue weighted by atomic mass is 79.9. The van der Waals surface area contributed by atoms with Gasteiger partial charge < -0.3 is 5.32 Å². The lowest BCUT2D eigenvalue weighted by Crippen LogP contribution is -2.33. The summed E-state index contributed by atoms with van der Waals surface area (Å²) in [4.78, 5) is 1.99. The molecule has 2 nitrogen and oxygen atoms in total. The van der Waals surface area contributed by atoms with E-state index in [2.05, 4.69) is 21.2 Å². The fourth-order valence-corrected chi connectivity index (χ4v) is 2.48. The van der Waals surface area contributed by atoms with Gasteiger partial charge in [0, 0.05) is 24.7 Å². The summed E-state index contributed by atoms with van der Waals surface area (Å²) in [5.74, 6) is -0.980. The van der Waals surface area contributed by atoms with Crippen molar-refractivity contribution in [3.05, 3.63) is 33.8 Å². The molecule has 1 aromatic rings. The molecular formula is C12H15BrF2N2. The first-order valence-electron chi connectivity index (χ1n) is 5.63. The molecule has 0 aromatic heterocycles. The zero-order valence-corrected chi connectivity index (χ0v) is 11.2. The van der Waals surface area contributed by atoms with Gasteiger partial charge in [-0.3, -0.25) is 4.90 Å². The Hall–Kier alpha value is -0.520. The van der Waals surface area contributed by atoms with Crippen molar-refractivity contribution in [2.75, 3.05) is 20.1 Å². The van der Waals surface area contributed by atoms with E-state index < -0.39 is 11.6 Å². The predicted octanol–water partition coefficient (Wildman–Crippen LogP) is 2.52. The molecular weight excluding hydrogens is 290 g/mol. The van der Waals surface area contributed by atoms with Crippen molar-refractivity contribution >= 4 is 15.9 Å². The molecule has 2 rings (SSSR count). The highest BCUT2D eigenvalue weighted by Gasteiger charge is 2.22. The van der Waals surface area contributed by atoms with Crippen LogP contribution in [0.25, 0.3) is 0 Å². The highest BCUT2D eigenvalue weighted by molar-refractivity contribution is 9.10. The van der Waals surface area contributed by atoms with Crippen molar-refractivity contribution in [3.8, 4) is 0 Å².